The number of hydrazine groups is 1. The van der Waals surface area contributed by atoms with Gasteiger partial charge in [-0.05, 0) is 43.3 Å². The van der Waals surface area contributed by atoms with E-state index in [9.17, 15) is 17.6 Å². The minimum absolute atomic E-state index is 0.0325. The average Bonchev–Trinajstić information content (AvgIpc) is 2.94. The van der Waals surface area contributed by atoms with Crippen LogP contribution in [0.4, 0.5) is 4.39 Å². The smallest absolute Gasteiger partial charge is 0.275 e. The van der Waals surface area contributed by atoms with E-state index >= 15 is 0 Å². The molecule has 0 bridgehead atoms. The van der Waals surface area contributed by atoms with Crippen LogP contribution in [0.15, 0.2) is 40.6 Å². The summed E-state index contributed by atoms with van der Waals surface area (Å²) in [6.07, 6.45) is -0.991. The lowest BCUT2D eigenvalue weighted by atomic mass is 10.3. The number of nitrogens with one attached hydrogen (secondary N) is 2. The first kappa shape index (κ1) is 17.7. The second-order valence-corrected chi connectivity index (χ2v) is 7.99. The molecule has 1 atom stereocenters. The molecule has 0 aliphatic carbocycles. The lowest BCUT2D eigenvalue weighted by molar-refractivity contribution is -0.127. The van der Waals surface area contributed by atoms with Gasteiger partial charge in [0, 0.05) is 0 Å². The number of ether oxygens (including phenoxy) is 1. The summed E-state index contributed by atoms with van der Waals surface area (Å²) in [6, 6.07) is 7.84. The number of hydrogen-bond acceptors (Lipinski definition) is 5. The van der Waals surface area contributed by atoms with Crippen LogP contribution < -0.4 is 15.0 Å². The maximum Gasteiger partial charge on any atom is 0.275 e. The third kappa shape index (κ3) is 4.90. The molecule has 6 nitrogen and oxygen atoms in total. The Kier molecular flexibility index (Phi) is 5.58. The minimum atomic E-state index is -3.90. The van der Waals surface area contributed by atoms with Crippen molar-refractivity contribution < 1.29 is 22.3 Å². The molecule has 1 unspecified atom stereocenters. The van der Waals surface area contributed by atoms with Crippen LogP contribution in [0.5, 0.6) is 5.75 Å². The van der Waals surface area contributed by atoms with Crippen LogP contribution >= 0.6 is 22.9 Å². The van der Waals surface area contributed by atoms with Crippen molar-refractivity contribution in [3.63, 3.8) is 0 Å². The molecule has 0 radical (unpaired) electrons. The molecule has 23 heavy (non-hydrogen) atoms. The Bertz CT molecular complexity index is 793. The molecule has 2 rings (SSSR count). The first-order chi connectivity index (χ1) is 10.8. The van der Waals surface area contributed by atoms with Crippen molar-refractivity contribution >= 4 is 38.9 Å². The third-order valence-corrected chi connectivity index (χ3v) is 5.59. The standard InChI is InChI=1S/C13H12ClFN2O4S2/c1-8(21-10-4-2-9(15)3-5-10)13(18)16-17-23(19,20)12-7-6-11(14)22-12/h2-8,17H,1H3,(H,16,18). The Morgan fingerprint density at radius 1 is 1.26 bits per heavy atom. The zero-order chi connectivity index (χ0) is 17.0. The summed E-state index contributed by atoms with van der Waals surface area (Å²) in [5.41, 5.74) is 2.05. The summed E-state index contributed by atoms with van der Waals surface area (Å²) in [4.78, 5) is 13.8. The van der Waals surface area contributed by atoms with Crippen molar-refractivity contribution in [3.8, 4) is 5.75 Å². The van der Waals surface area contributed by atoms with Gasteiger partial charge in [0.2, 0.25) is 0 Å². The Morgan fingerprint density at radius 2 is 1.91 bits per heavy atom. The van der Waals surface area contributed by atoms with E-state index in [1.54, 1.807) is 0 Å². The molecular formula is C13H12ClFN2O4S2. The van der Waals surface area contributed by atoms with Gasteiger partial charge in [0.05, 0.1) is 4.34 Å². The quantitative estimate of drug-likeness (QED) is 0.755. The van der Waals surface area contributed by atoms with Crippen molar-refractivity contribution in [2.24, 2.45) is 0 Å². The Labute approximate surface area is 141 Å². The maximum atomic E-state index is 12.8. The molecule has 0 saturated heterocycles. The fourth-order valence-electron chi connectivity index (χ4n) is 1.48. The average molecular weight is 379 g/mol. The first-order valence-electron chi connectivity index (χ1n) is 6.27. The van der Waals surface area contributed by atoms with E-state index in [0.29, 0.717) is 4.34 Å². The fourth-order valence-corrected chi connectivity index (χ4v) is 3.81. The van der Waals surface area contributed by atoms with Crippen molar-refractivity contribution in [2.75, 3.05) is 0 Å². The summed E-state index contributed by atoms with van der Waals surface area (Å²) in [6.45, 7) is 1.43. The molecule has 1 aromatic heterocycles. The number of rotatable bonds is 6. The van der Waals surface area contributed by atoms with Gasteiger partial charge in [0.15, 0.2) is 6.10 Å². The van der Waals surface area contributed by atoms with Gasteiger partial charge in [-0.1, -0.05) is 11.6 Å². The summed E-state index contributed by atoms with van der Waals surface area (Å²) < 4.78 is 42.2. The Balaban J connectivity index is 1.92. The number of halogens is 2. The Morgan fingerprint density at radius 3 is 2.48 bits per heavy atom. The third-order valence-electron chi connectivity index (χ3n) is 2.62. The lowest BCUT2D eigenvalue weighted by Crippen LogP contribution is -2.46. The highest BCUT2D eigenvalue weighted by Crippen LogP contribution is 2.24. The van der Waals surface area contributed by atoms with Crippen LogP contribution in [0.3, 0.4) is 0 Å². The lowest BCUT2D eigenvalue weighted by Gasteiger charge is -2.14. The van der Waals surface area contributed by atoms with Crippen molar-refractivity contribution in [1.29, 1.82) is 0 Å². The fraction of sp³-hybridized carbons (Fsp3) is 0.154. The molecule has 1 amide bonds. The molecule has 1 aromatic carbocycles. The molecule has 0 aliphatic heterocycles. The number of thiophene rings is 1. The molecule has 0 saturated carbocycles. The number of amides is 1. The number of hydrogen-bond donors (Lipinski definition) is 2. The van der Waals surface area contributed by atoms with E-state index < -0.39 is 27.9 Å². The topological polar surface area (TPSA) is 84.5 Å². The minimum Gasteiger partial charge on any atom is -0.481 e. The van der Waals surface area contributed by atoms with Gasteiger partial charge in [0.25, 0.3) is 15.9 Å². The summed E-state index contributed by atoms with van der Waals surface area (Å²) in [7, 11) is -3.90. The van der Waals surface area contributed by atoms with Gasteiger partial charge >= 0.3 is 0 Å². The molecule has 2 aromatic rings. The Hall–Kier alpha value is -1.68. The molecular weight excluding hydrogens is 367 g/mol. The van der Waals surface area contributed by atoms with Crippen LogP contribution in [0.25, 0.3) is 0 Å². The van der Waals surface area contributed by atoms with Crippen molar-refractivity contribution in [3.05, 3.63) is 46.6 Å². The van der Waals surface area contributed by atoms with Crippen LogP contribution in [0.2, 0.25) is 4.34 Å². The van der Waals surface area contributed by atoms with Gasteiger partial charge in [-0.3, -0.25) is 10.2 Å². The zero-order valence-corrected chi connectivity index (χ0v) is 14.1. The predicted molar refractivity (Wildman–Crippen MR) is 84.3 cm³/mol. The van der Waals surface area contributed by atoms with Gasteiger partial charge in [-0.15, -0.1) is 16.2 Å². The van der Waals surface area contributed by atoms with Gasteiger partial charge < -0.3 is 4.74 Å². The molecule has 1 heterocycles. The predicted octanol–water partition coefficient (Wildman–Crippen LogP) is 2.32. The van der Waals surface area contributed by atoms with E-state index in [0.717, 1.165) is 11.3 Å². The highest BCUT2D eigenvalue weighted by Gasteiger charge is 2.20. The SMILES string of the molecule is CC(Oc1ccc(F)cc1)C(=O)NNS(=O)(=O)c1ccc(Cl)s1. The normalized spacial score (nSPS) is 12.7. The van der Waals surface area contributed by atoms with Gasteiger partial charge in [-0.25, -0.2) is 12.8 Å². The second kappa shape index (κ2) is 7.26. The molecule has 124 valence electrons. The molecule has 2 N–H and O–H groups in total. The van der Waals surface area contributed by atoms with Crippen LogP contribution in [-0.4, -0.2) is 20.4 Å². The van der Waals surface area contributed by atoms with Crippen LogP contribution in [0.1, 0.15) is 6.92 Å². The zero-order valence-electron chi connectivity index (χ0n) is 11.7. The monoisotopic (exact) mass is 378 g/mol. The van der Waals surface area contributed by atoms with Crippen molar-refractivity contribution in [1.82, 2.24) is 10.3 Å². The maximum absolute atomic E-state index is 12.8. The van der Waals surface area contributed by atoms with E-state index in [-0.39, 0.29) is 9.96 Å². The number of carbonyl (C=O) groups is 1. The highest BCUT2D eigenvalue weighted by atomic mass is 35.5. The van der Waals surface area contributed by atoms with Gasteiger partial charge in [-0.2, -0.15) is 0 Å². The largest absolute Gasteiger partial charge is 0.481 e. The number of carbonyl (C=O) groups excluding carboxylic acids is 1. The highest BCUT2D eigenvalue weighted by molar-refractivity contribution is 7.91. The van der Waals surface area contributed by atoms with Gasteiger partial charge in [0.1, 0.15) is 15.8 Å². The summed E-state index contributed by atoms with van der Waals surface area (Å²) in [5, 5.41) is 0. The van der Waals surface area contributed by atoms with Crippen molar-refractivity contribution in [2.45, 2.75) is 17.2 Å². The molecule has 0 fully saturated rings. The van der Waals surface area contributed by atoms with E-state index in [1.165, 1.54) is 43.3 Å². The molecule has 0 aliphatic rings. The summed E-state index contributed by atoms with van der Waals surface area (Å²) >= 11 is 6.53. The molecule has 10 heteroatoms. The number of sulfonamides is 1. The first-order valence-corrected chi connectivity index (χ1v) is 8.95. The van der Waals surface area contributed by atoms with E-state index in [1.807, 2.05) is 10.3 Å². The second-order valence-electron chi connectivity index (χ2n) is 4.37. The van der Waals surface area contributed by atoms with Crippen LogP contribution in [-0.2, 0) is 14.8 Å². The molecule has 0 spiro atoms. The van der Waals surface area contributed by atoms with E-state index in [4.69, 9.17) is 16.3 Å². The van der Waals surface area contributed by atoms with E-state index in [2.05, 4.69) is 0 Å². The van der Waals surface area contributed by atoms with Crippen LogP contribution in [0, 0.1) is 5.82 Å². The number of benzene rings is 1. The summed E-state index contributed by atoms with van der Waals surface area (Å²) in [5.74, 6) is -0.862.